The average molecular weight is 345 g/mol. The molecule has 1 aromatic heterocycles. The van der Waals surface area contributed by atoms with Gasteiger partial charge in [-0.2, -0.15) is 0 Å². The molecule has 2 heterocycles. The minimum Gasteiger partial charge on any atom is -0.456 e. The lowest BCUT2D eigenvalue weighted by atomic mass is 10.2. The monoisotopic (exact) mass is 345 g/mol. The molecule has 25 heavy (non-hydrogen) atoms. The molecule has 2 N–H and O–H groups in total. The largest absolute Gasteiger partial charge is 0.456 e. The third-order valence-corrected chi connectivity index (χ3v) is 4.13. The van der Waals surface area contributed by atoms with Crippen molar-refractivity contribution in [3.8, 4) is 0 Å². The van der Waals surface area contributed by atoms with Gasteiger partial charge >= 0.3 is 6.03 Å². The van der Waals surface area contributed by atoms with Crippen LogP contribution in [-0.2, 0) is 6.42 Å². The molecule has 6 nitrogen and oxygen atoms in total. The Bertz CT molecular complexity index is 757. The first-order valence-electron chi connectivity index (χ1n) is 8.26. The summed E-state index contributed by atoms with van der Waals surface area (Å²) >= 11 is 0. The van der Waals surface area contributed by atoms with E-state index in [1.54, 1.807) is 17.0 Å². The van der Waals surface area contributed by atoms with E-state index >= 15 is 0 Å². The number of nitrogens with zero attached hydrogens (tertiary/aromatic N) is 1. The van der Waals surface area contributed by atoms with Crippen LogP contribution in [0.3, 0.4) is 0 Å². The van der Waals surface area contributed by atoms with Gasteiger partial charge in [-0.05, 0) is 42.8 Å². The number of benzene rings is 1. The van der Waals surface area contributed by atoms with Gasteiger partial charge < -0.3 is 20.0 Å². The smallest absolute Gasteiger partial charge is 0.319 e. The SMILES string of the molecule is CCc1ccc(C(=O)N2CCC(NC(=O)Nc3ccc(F)cc3)C2)o1. The van der Waals surface area contributed by atoms with Crippen molar-refractivity contribution in [3.05, 3.63) is 53.7 Å². The normalized spacial score (nSPS) is 16.7. The van der Waals surface area contributed by atoms with Crippen LogP contribution in [0, 0.1) is 5.82 Å². The zero-order chi connectivity index (χ0) is 17.8. The number of rotatable bonds is 4. The second kappa shape index (κ2) is 7.38. The molecule has 0 bridgehead atoms. The molecule has 3 rings (SSSR count). The molecule has 1 aliphatic heterocycles. The van der Waals surface area contributed by atoms with Crippen LogP contribution in [0.5, 0.6) is 0 Å². The number of carbonyl (C=O) groups is 2. The minimum atomic E-state index is -0.378. The summed E-state index contributed by atoms with van der Waals surface area (Å²) in [5.74, 6) is 0.576. The number of hydrogen-bond donors (Lipinski definition) is 2. The van der Waals surface area contributed by atoms with Crippen molar-refractivity contribution >= 4 is 17.6 Å². The van der Waals surface area contributed by atoms with Crippen LogP contribution in [0.4, 0.5) is 14.9 Å². The molecule has 1 saturated heterocycles. The molecule has 1 fully saturated rings. The Morgan fingerprint density at radius 3 is 2.68 bits per heavy atom. The fourth-order valence-corrected chi connectivity index (χ4v) is 2.79. The molecular weight excluding hydrogens is 325 g/mol. The van der Waals surface area contributed by atoms with Crippen LogP contribution in [0.25, 0.3) is 0 Å². The molecule has 0 spiro atoms. The third kappa shape index (κ3) is 4.17. The number of furan rings is 1. The highest BCUT2D eigenvalue weighted by Gasteiger charge is 2.29. The molecule has 1 atom stereocenters. The second-order valence-electron chi connectivity index (χ2n) is 5.96. The minimum absolute atomic E-state index is 0.134. The predicted octanol–water partition coefficient (Wildman–Crippen LogP) is 3.02. The second-order valence-corrected chi connectivity index (χ2v) is 5.96. The first-order valence-corrected chi connectivity index (χ1v) is 8.26. The molecule has 1 unspecified atom stereocenters. The number of urea groups is 1. The van der Waals surface area contributed by atoms with Gasteiger partial charge in [-0.25, -0.2) is 9.18 Å². The van der Waals surface area contributed by atoms with Crippen LogP contribution in [-0.4, -0.2) is 36.0 Å². The van der Waals surface area contributed by atoms with Gasteiger partial charge in [0.2, 0.25) is 0 Å². The molecule has 0 saturated carbocycles. The van der Waals surface area contributed by atoms with Crippen molar-refractivity contribution in [1.29, 1.82) is 0 Å². The van der Waals surface area contributed by atoms with Gasteiger partial charge in [0.15, 0.2) is 5.76 Å². The number of aryl methyl sites for hydroxylation is 1. The van der Waals surface area contributed by atoms with E-state index in [9.17, 15) is 14.0 Å². The Morgan fingerprint density at radius 2 is 2.00 bits per heavy atom. The Kier molecular flexibility index (Phi) is 5.02. The number of halogens is 1. The highest BCUT2D eigenvalue weighted by atomic mass is 19.1. The summed E-state index contributed by atoms with van der Waals surface area (Å²) in [6, 6.07) is 8.50. The van der Waals surface area contributed by atoms with E-state index in [0.29, 0.717) is 31.0 Å². The van der Waals surface area contributed by atoms with E-state index < -0.39 is 0 Å². The first-order chi connectivity index (χ1) is 12.0. The molecule has 0 radical (unpaired) electrons. The zero-order valence-electron chi connectivity index (χ0n) is 13.9. The number of anilines is 1. The lowest BCUT2D eigenvalue weighted by Crippen LogP contribution is -2.40. The number of amides is 3. The fourth-order valence-electron chi connectivity index (χ4n) is 2.79. The van der Waals surface area contributed by atoms with Crippen LogP contribution >= 0.6 is 0 Å². The third-order valence-electron chi connectivity index (χ3n) is 4.13. The van der Waals surface area contributed by atoms with Crippen molar-refractivity contribution in [2.75, 3.05) is 18.4 Å². The lowest BCUT2D eigenvalue weighted by Gasteiger charge is -2.16. The first kappa shape index (κ1) is 17.0. The van der Waals surface area contributed by atoms with E-state index in [1.165, 1.54) is 24.3 Å². The van der Waals surface area contributed by atoms with Gasteiger partial charge in [0.1, 0.15) is 11.6 Å². The van der Waals surface area contributed by atoms with Gasteiger partial charge in [0.05, 0.1) is 0 Å². The topological polar surface area (TPSA) is 74.6 Å². The maximum atomic E-state index is 12.9. The number of carbonyl (C=O) groups excluding carboxylic acids is 2. The quantitative estimate of drug-likeness (QED) is 0.894. The van der Waals surface area contributed by atoms with E-state index in [0.717, 1.165) is 12.2 Å². The van der Waals surface area contributed by atoms with Crippen molar-refractivity contribution in [1.82, 2.24) is 10.2 Å². The summed E-state index contributed by atoms with van der Waals surface area (Å²) < 4.78 is 18.4. The summed E-state index contributed by atoms with van der Waals surface area (Å²) in [6.45, 7) is 2.95. The highest BCUT2D eigenvalue weighted by Crippen LogP contribution is 2.16. The summed E-state index contributed by atoms with van der Waals surface area (Å²) in [6.07, 6.45) is 1.41. The average Bonchev–Trinajstić information content (AvgIpc) is 3.25. The molecule has 132 valence electrons. The molecule has 1 aliphatic rings. The van der Waals surface area contributed by atoms with Crippen molar-refractivity contribution < 1.29 is 18.4 Å². The van der Waals surface area contributed by atoms with Crippen LogP contribution < -0.4 is 10.6 Å². The van der Waals surface area contributed by atoms with Crippen LogP contribution in [0.1, 0.15) is 29.7 Å². The van der Waals surface area contributed by atoms with E-state index in [-0.39, 0.29) is 23.8 Å². The molecule has 1 aromatic carbocycles. The zero-order valence-corrected chi connectivity index (χ0v) is 13.9. The van der Waals surface area contributed by atoms with Crippen LogP contribution in [0.15, 0.2) is 40.8 Å². The molecule has 3 amide bonds. The van der Waals surface area contributed by atoms with E-state index in [1.807, 2.05) is 6.92 Å². The van der Waals surface area contributed by atoms with E-state index in [2.05, 4.69) is 10.6 Å². The predicted molar refractivity (Wildman–Crippen MR) is 90.9 cm³/mol. The van der Waals surface area contributed by atoms with Gasteiger partial charge in [-0.3, -0.25) is 4.79 Å². The maximum Gasteiger partial charge on any atom is 0.319 e. The highest BCUT2D eigenvalue weighted by molar-refractivity contribution is 5.92. The Morgan fingerprint density at radius 1 is 1.24 bits per heavy atom. The standard InChI is InChI=1S/C18H20FN3O3/c1-2-15-7-8-16(25-15)17(23)22-10-9-14(11-22)21-18(24)20-13-5-3-12(19)4-6-13/h3-8,14H,2,9-11H2,1H3,(H2,20,21,24). The summed E-state index contributed by atoms with van der Waals surface area (Å²) in [4.78, 5) is 26.1. The number of hydrogen-bond acceptors (Lipinski definition) is 3. The Hall–Kier alpha value is -2.83. The number of nitrogens with one attached hydrogen (secondary N) is 2. The van der Waals surface area contributed by atoms with Crippen molar-refractivity contribution in [2.24, 2.45) is 0 Å². The van der Waals surface area contributed by atoms with Crippen molar-refractivity contribution in [2.45, 2.75) is 25.8 Å². The van der Waals surface area contributed by atoms with E-state index in [4.69, 9.17) is 4.42 Å². The fraction of sp³-hybridized carbons (Fsp3) is 0.333. The number of likely N-dealkylation sites (tertiary alicyclic amines) is 1. The molecular formula is C18H20FN3O3. The summed E-state index contributed by atoms with van der Waals surface area (Å²) in [7, 11) is 0. The Balaban J connectivity index is 1.51. The van der Waals surface area contributed by atoms with Crippen molar-refractivity contribution in [3.63, 3.8) is 0 Å². The van der Waals surface area contributed by atoms with Gasteiger partial charge in [0, 0.05) is 31.2 Å². The lowest BCUT2D eigenvalue weighted by molar-refractivity contribution is 0.0756. The maximum absolute atomic E-state index is 12.9. The van der Waals surface area contributed by atoms with Gasteiger partial charge in [-0.15, -0.1) is 0 Å². The Labute approximate surface area is 145 Å². The molecule has 0 aliphatic carbocycles. The van der Waals surface area contributed by atoms with Gasteiger partial charge in [-0.1, -0.05) is 6.92 Å². The molecule has 7 heteroatoms. The van der Waals surface area contributed by atoms with Crippen LogP contribution in [0.2, 0.25) is 0 Å². The summed E-state index contributed by atoms with van der Waals surface area (Å²) in [5.41, 5.74) is 0.507. The summed E-state index contributed by atoms with van der Waals surface area (Å²) in [5, 5.41) is 5.47. The van der Waals surface area contributed by atoms with Gasteiger partial charge in [0.25, 0.3) is 5.91 Å². The molecule has 2 aromatic rings.